The number of aliphatic imine (C=N–C) groups is 1. The Labute approximate surface area is 150 Å². The number of carbonyl (C=O) groups is 3. The Bertz CT molecular complexity index is 665. The summed E-state index contributed by atoms with van der Waals surface area (Å²) in [7, 11) is 0. The van der Waals surface area contributed by atoms with Crippen molar-refractivity contribution in [1.82, 2.24) is 10.6 Å². The molecule has 0 fully saturated rings. The number of nitrogens with zero attached hydrogens (tertiary/aromatic N) is 1. The van der Waals surface area contributed by atoms with Crippen molar-refractivity contribution in [2.24, 2.45) is 16.5 Å². The zero-order valence-electron chi connectivity index (χ0n) is 14.3. The molecule has 0 bridgehead atoms. The van der Waals surface area contributed by atoms with Crippen molar-refractivity contribution in [2.75, 3.05) is 6.54 Å². The van der Waals surface area contributed by atoms with Gasteiger partial charge in [-0.1, -0.05) is 0 Å². The highest BCUT2D eigenvalue weighted by molar-refractivity contribution is 5.95. The minimum Gasteiger partial charge on any atom is -0.480 e. The molecule has 1 rings (SSSR count). The molecule has 2 atom stereocenters. The third kappa shape index (κ3) is 7.99. The van der Waals surface area contributed by atoms with Gasteiger partial charge in [0.1, 0.15) is 17.8 Å². The van der Waals surface area contributed by atoms with Crippen LogP contribution in [0.15, 0.2) is 33.9 Å². The third-order valence-corrected chi connectivity index (χ3v) is 3.25. The fraction of sp³-hybridized carbons (Fsp3) is 0.375. The first-order chi connectivity index (χ1) is 12.3. The van der Waals surface area contributed by atoms with Crippen LogP contribution in [0.25, 0.3) is 6.08 Å². The number of hydrogen-bond donors (Lipinski definition) is 5. The highest BCUT2D eigenvalue weighted by Crippen LogP contribution is 2.02. The average molecular weight is 365 g/mol. The van der Waals surface area contributed by atoms with Crippen molar-refractivity contribution in [3.8, 4) is 0 Å². The Kier molecular flexibility index (Phi) is 8.41. The van der Waals surface area contributed by atoms with Gasteiger partial charge in [-0.15, -0.1) is 0 Å². The number of carbonyl (C=O) groups excluding carboxylic acids is 2. The number of nitrogens with two attached hydrogens (primary N) is 2. The predicted octanol–water partition coefficient (Wildman–Crippen LogP) is -0.579. The molecule has 0 aliphatic rings. The van der Waals surface area contributed by atoms with E-state index in [1.807, 2.05) is 0 Å². The van der Waals surface area contributed by atoms with Crippen molar-refractivity contribution in [3.05, 3.63) is 30.2 Å². The molecular formula is C16H23N5O5. The largest absolute Gasteiger partial charge is 0.480 e. The van der Waals surface area contributed by atoms with Gasteiger partial charge in [0.05, 0.1) is 6.26 Å². The Morgan fingerprint density at radius 1 is 1.35 bits per heavy atom. The molecule has 1 aromatic rings. The molecule has 0 saturated heterocycles. The van der Waals surface area contributed by atoms with Gasteiger partial charge in [-0.25, -0.2) is 4.79 Å². The van der Waals surface area contributed by atoms with Gasteiger partial charge in [-0.2, -0.15) is 0 Å². The second kappa shape index (κ2) is 10.5. The van der Waals surface area contributed by atoms with Crippen molar-refractivity contribution >= 4 is 29.8 Å². The van der Waals surface area contributed by atoms with Crippen LogP contribution in [0.5, 0.6) is 0 Å². The summed E-state index contributed by atoms with van der Waals surface area (Å²) >= 11 is 0. The number of furan rings is 1. The van der Waals surface area contributed by atoms with Crippen LogP contribution in [0.2, 0.25) is 0 Å². The lowest BCUT2D eigenvalue weighted by Crippen LogP contribution is -2.50. The smallest absolute Gasteiger partial charge is 0.326 e. The number of carboxylic acids is 1. The summed E-state index contributed by atoms with van der Waals surface area (Å²) in [6.45, 7) is 1.71. The number of carboxylic acid groups (broad SMARTS) is 1. The Morgan fingerprint density at radius 3 is 2.65 bits per heavy atom. The van der Waals surface area contributed by atoms with E-state index in [2.05, 4.69) is 15.6 Å². The van der Waals surface area contributed by atoms with E-state index >= 15 is 0 Å². The van der Waals surface area contributed by atoms with Crippen molar-refractivity contribution in [1.29, 1.82) is 0 Å². The maximum absolute atomic E-state index is 12.1. The Morgan fingerprint density at radius 2 is 2.08 bits per heavy atom. The molecule has 0 aromatic carbocycles. The first-order valence-electron chi connectivity index (χ1n) is 7.90. The summed E-state index contributed by atoms with van der Waals surface area (Å²) in [5.74, 6) is -1.90. The molecule has 142 valence electrons. The van der Waals surface area contributed by atoms with Crippen LogP contribution in [-0.2, 0) is 14.4 Å². The minimum atomic E-state index is -1.18. The molecule has 0 radical (unpaired) electrons. The van der Waals surface area contributed by atoms with Crippen LogP contribution in [0, 0.1) is 0 Å². The van der Waals surface area contributed by atoms with Gasteiger partial charge < -0.3 is 31.6 Å². The molecule has 26 heavy (non-hydrogen) atoms. The summed E-state index contributed by atoms with van der Waals surface area (Å²) in [5, 5.41) is 14.0. The van der Waals surface area contributed by atoms with Gasteiger partial charge in [0.2, 0.25) is 11.8 Å². The van der Waals surface area contributed by atoms with Gasteiger partial charge in [0.15, 0.2) is 5.96 Å². The zero-order chi connectivity index (χ0) is 19.5. The molecule has 0 unspecified atom stereocenters. The van der Waals surface area contributed by atoms with Crippen molar-refractivity contribution in [3.63, 3.8) is 0 Å². The van der Waals surface area contributed by atoms with Gasteiger partial charge in [0, 0.05) is 12.6 Å². The molecule has 7 N–H and O–H groups in total. The zero-order valence-corrected chi connectivity index (χ0v) is 14.3. The van der Waals surface area contributed by atoms with Crippen LogP contribution in [0.3, 0.4) is 0 Å². The van der Waals surface area contributed by atoms with E-state index in [1.165, 1.54) is 25.3 Å². The molecule has 0 aliphatic carbocycles. The van der Waals surface area contributed by atoms with Crippen LogP contribution in [0.4, 0.5) is 0 Å². The highest BCUT2D eigenvalue weighted by Gasteiger charge is 2.23. The first-order valence-corrected chi connectivity index (χ1v) is 7.90. The average Bonchev–Trinajstić information content (AvgIpc) is 3.08. The van der Waals surface area contributed by atoms with Crippen LogP contribution in [-0.4, -0.2) is 47.5 Å². The Balaban J connectivity index is 2.47. The second-order valence-electron chi connectivity index (χ2n) is 5.43. The first kappa shape index (κ1) is 20.7. The number of nitrogens with one attached hydrogen (secondary N) is 2. The van der Waals surface area contributed by atoms with Crippen LogP contribution < -0.4 is 22.1 Å². The molecule has 2 amide bonds. The Hall–Kier alpha value is -3.30. The minimum absolute atomic E-state index is 0.0835. The lowest BCUT2D eigenvalue weighted by atomic mass is 10.1. The lowest BCUT2D eigenvalue weighted by Gasteiger charge is -2.18. The molecule has 0 aliphatic heterocycles. The summed E-state index contributed by atoms with van der Waals surface area (Å²) in [6.07, 6.45) is 4.65. The number of amides is 2. The van der Waals surface area contributed by atoms with E-state index in [1.54, 1.807) is 12.1 Å². The summed E-state index contributed by atoms with van der Waals surface area (Å²) < 4.78 is 5.04. The van der Waals surface area contributed by atoms with Gasteiger partial charge in [-0.05, 0) is 38.0 Å². The van der Waals surface area contributed by atoms with Gasteiger partial charge in [0.25, 0.3) is 0 Å². The standard InChI is InChI=1S/C16H23N5O5/c1-10(20-13(22)7-6-11-4-3-9-26-11)14(23)21-12(15(24)25)5-2-8-19-16(17)18/h3-4,6-7,9-10,12H,2,5,8H2,1H3,(H,20,22)(H,21,23)(H,24,25)(H4,17,18,19)/t10-,12-/m0/s1. The molecule has 1 aromatic heterocycles. The molecule has 10 nitrogen and oxygen atoms in total. The molecular weight excluding hydrogens is 342 g/mol. The molecule has 1 heterocycles. The van der Waals surface area contributed by atoms with E-state index in [4.69, 9.17) is 15.9 Å². The van der Waals surface area contributed by atoms with Crippen molar-refractivity contribution < 1.29 is 23.9 Å². The number of hydrogen-bond acceptors (Lipinski definition) is 5. The van der Waals surface area contributed by atoms with Crippen LogP contribution in [0.1, 0.15) is 25.5 Å². The van der Waals surface area contributed by atoms with E-state index in [0.29, 0.717) is 12.2 Å². The van der Waals surface area contributed by atoms with E-state index in [9.17, 15) is 19.5 Å². The van der Waals surface area contributed by atoms with E-state index in [0.717, 1.165) is 0 Å². The summed E-state index contributed by atoms with van der Waals surface area (Å²) in [5.41, 5.74) is 10.4. The van der Waals surface area contributed by atoms with E-state index < -0.39 is 29.9 Å². The lowest BCUT2D eigenvalue weighted by molar-refractivity contribution is -0.142. The number of guanidine groups is 1. The number of rotatable bonds is 10. The van der Waals surface area contributed by atoms with Crippen LogP contribution >= 0.6 is 0 Å². The topological polar surface area (TPSA) is 173 Å². The SMILES string of the molecule is C[C@H](NC(=O)C=Cc1ccco1)C(=O)N[C@@H](CCCN=C(N)N)C(=O)O. The fourth-order valence-corrected chi connectivity index (χ4v) is 1.93. The molecule has 0 saturated carbocycles. The van der Waals surface area contributed by atoms with Gasteiger partial charge in [-0.3, -0.25) is 14.6 Å². The summed E-state index contributed by atoms with van der Waals surface area (Å²) in [4.78, 5) is 38.8. The number of aliphatic carboxylic acids is 1. The van der Waals surface area contributed by atoms with Crippen molar-refractivity contribution in [2.45, 2.75) is 31.8 Å². The molecule has 10 heteroatoms. The molecule has 0 spiro atoms. The quantitative estimate of drug-likeness (QED) is 0.160. The van der Waals surface area contributed by atoms with Gasteiger partial charge >= 0.3 is 5.97 Å². The fourth-order valence-electron chi connectivity index (χ4n) is 1.93. The third-order valence-electron chi connectivity index (χ3n) is 3.25. The van der Waals surface area contributed by atoms with E-state index in [-0.39, 0.29) is 18.9 Å². The predicted molar refractivity (Wildman–Crippen MR) is 94.8 cm³/mol. The maximum Gasteiger partial charge on any atom is 0.326 e. The summed E-state index contributed by atoms with van der Waals surface area (Å²) in [6, 6.07) is 1.32. The monoisotopic (exact) mass is 365 g/mol. The highest BCUT2D eigenvalue weighted by atomic mass is 16.4. The maximum atomic E-state index is 12.1. The second-order valence-corrected chi connectivity index (χ2v) is 5.43. The normalized spacial score (nSPS) is 13.0.